The number of ether oxygens (including phenoxy) is 1. The molecule has 1 heterocycles. The molecule has 1 atom stereocenters. The third-order valence-corrected chi connectivity index (χ3v) is 5.98. The summed E-state index contributed by atoms with van der Waals surface area (Å²) in [7, 11) is -3.78. The summed E-state index contributed by atoms with van der Waals surface area (Å²) < 4.78 is 33.6. The molecule has 0 spiro atoms. The van der Waals surface area contributed by atoms with Crippen LogP contribution in [-0.2, 0) is 10.0 Å². The van der Waals surface area contributed by atoms with E-state index in [0.717, 1.165) is 5.56 Å². The molecule has 0 bridgehead atoms. The number of rotatable bonds is 4. The van der Waals surface area contributed by atoms with Crippen LogP contribution >= 0.6 is 0 Å². The van der Waals surface area contributed by atoms with Crippen LogP contribution in [0.3, 0.4) is 0 Å². The number of fused-ring (bicyclic) bond motifs is 1. The van der Waals surface area contributed by atoms with Gasteiger partial charge in [0.15, 0.2) is 5.78 Å². The number of sulfonamides is 1. The van der Waals surface area contributed by atoms with Crippen LogP contribution < -0.4 is 9.04 Å². The maximum atomic E-state index is 13.2. The van der Waals surface area contributed by atoms with E-state index < -0.39 is 10.0 Å². The molecule has 6 heteroatoms. The minimum absolute atomic E-state index is 0.0802. The maximum absolute atomic E-state index is 13.2. The Morgan fingerprint density at radius 2 is 2.00 bits per heavy atom. The van der Waals surface area contributed by atoms with Crippen LogP contribution in [0.5, 0.6) is 5.75 Å². The van der Waals surface area contributed by atoms with E-state index in [0.29, 0.717) is 23.4 Å². The number of Topliss-reactive ketones (excluding diaryl/α,β-unsaturated/α-hetero) is 1. The lowest BCUT2D eigenvalue weighted by atomic mass is 10.1. The molecular formula is C19H21NO4S. The first-order valence-corrected chi connectivity index (χ1v) is 9.70. The molecule has 0 saturated heterocycles. The Labute approximate surface area is 148 Å². The maximum Gasteiger partial charge on any atom is 0.264 e. The van der Waals surface area contributed by atoms with Gasteiger partial charge >= 0.3 is 0 Å². The zero-order valence-corrected chi connectivity index (χ0v) is 15.3. The highest BCUT2D eigenvalue weighted by atomic mass is 32.2. The molecule has 0 N–H and O–H groups in total. The Hall–Kier alpha value is -2.34. The van der Waals surface area contributed by atoms with Crippen LogP contribution in [0.1, 0.15) is 36.2 Å². The molecule has 5 nitrogen and oxygen atoms in total. The van der Waals surface area contributed by atoms with Crippen molar-refractivity contribution >= 4 is 21.5 Å². The molecular weight excluding hydrogens is 338 g/mol. The molecule has 1 aliphatic heterocycles. The van der Waals surface area contributed by atoms with E-state index in [1.807, 2.05) is 26.0 Å². The SMILES string of the molecule is CCC(=O)c1cccc(S(=O)(=O)N2CC(C)Oc3cc(C)ccc32)c1. The van der Waals surface area contributed by atoms with Crippen molar-refractivity contribution in [3.05, 3.63) is 53.6 Å². The smallest absolute Gasteiger partial charge is 0.264 e. The number of carbonyl (C=O) groups is 1. The van der Waals surface area contributed by atoms with E-state index in [9.17, 15) is 13.2 Å². The van der Waals surface area contributed by atoms with Crippen LogP contribution in [0, 0.1) is 6.92 Å². The third kappa shape index (κ3) is 3.26. The van der Waals surface area contributed by atoms with Crippen molar-refractivity contribution < 1.29 is 17.9 Å². The number of carbonyl (C=O) groups excluding carboxylic acids is 1. The summed E-state index contributed by atoms with van der Waals surface area (Å²) in [6.07, 6.45) is 0.0738. The van der Waals surface area contributed by atoms with E-state index in [-0.39, 0.29) is 23.3 Å². The molecule has 3 rings (SSSR count). The van der Waals surface area contributed by atoms with Gasteiger partial charge in [-0.05, 0) is 43.7 Å². The van der Waals surface area contributed by atoms with Gasteiger partial charge in [-0.2, -0.15) is 0 Å². The molecule has 0 aliphatic carbocycles. The number of hydrogen-bond donors (Lipinski definition) is 0. The number of ketones is 1. The van der Waals surface area contributed by atoms with E-state index >= 15 is 0 Å². The Morgan fingerprint density at radius 3 is 2.72 bits per heavy atom. The lowest BCUT2D eigenvalue weighted by Crippen LogP contribution is -2.42. The average Bonchev–Trinajstić information content (AvgIpc) is 2.60. The Bertz CT molecular complexity index is 921. The first kappa shape index (κ1) is 17.5. The molecule has 0 fully saturated rings. The highest BCUT2D eigenvalue weighted by Gasteiger charge is 2.33. The Morgan fingerprint density at radius 1 is 1.24 bits per heavy atom. The summed E-state index contributed by atoms with van der Waals surface area (Å²) in [5.74, 6) is 0.478. The van der Waals surface area contributed by atoms with Crippen LogP contribution in [0.4, 0.5) is 5.69 Å². The first-order valence-electron chi connectivity index (χ1n) is 8.26. The second kappa shape index (κ2) is 6.52. The fourth-order valence-electron chi connectivity index (χ4n) is 2.90. The summed E-state index contributed by atoms with van der Waals surface area (Å²) in [5.41, 5.74) is 1.94. The van der Waals surface area contributed by atoms with Gasteiger partial charge in [-0.15, -0.1) is 0 Å². The molecule has 1 unspecified atom stereocenters. The fourth-order valence-corrected chi connectivity index (χ4v) is 4.49. The van der Waals surface area contributed by atoms with Crippen molar-refractivity contribution in [2.45, 2.75) is 38.2 Å². The molecule has 0 amide bonds. The summed E-state index contributed by atoms with van der Waals surface area (Å²) in [4.78, 5) is 12.0. The topological polar surface area (TPSA) is 63.7 Å². The van der Waals surface area contributed by atoms with Gasteiger partial charge in [0, 0.05) is 12.0 Å². The van der Waals surface area contributed by atoms with E-state index in [1.54, 1.807) is 25.1 Å². The van der Waals surface area contributed by atoms with Crippen LogP contribution in [-0.4, -0.2) is 26.8 Å². The molecule has 25 heavy (non-hydrogen) atoms. The van der Waals surface area contributed by atoms with Crippen molar-refractivity contribution in [2.24, 2.45) is 0 Å². The van der Waals surface area contributed by atoms with Gasteiger partial charge < -0.3 is 4.74 Å². The van der Waals surface area contributed by atoms with Gasteiger partial charge in [-0.25, -0.2) is 8.42 Å². The number of aryl methyl sites for hydroxylation is 1. The number of hydrogen-bond acceptors (Lipinski definition) is 4. The van der Waals surface area contributed by atoms with Crippen LogP contribution in [0.15, 0.2) is 47.4 Å². The quantitative estimate of drug-likeness (QED) is 0.783. The molecule has 0 aromatic heterocycles. The average molecular weight is 359 g/mol. The number of benzene rings is 2. The lowest BCUT2D eigenvalue weighted by molar-refractivity contribution is 0.0988. The normalized spacial score (nSPS) is 16.9. The van der Waals surface area contributed by atoms with Gasteiger partial charge in [-0.3, -0.25) is 9.10 Å². The number of nitrogens with zero attached hydrogens (tertiary/aromatic N) is 1. The van der Waals surface area contributed by atoms with Gasteiger partial charge in [0.25, 0.3) is 10.0 Å². The van der Waals surface area contributed by atoms with Crippen molar-refractivity contribution in [1.82, 2.24) is 0 Å². The van der Waals surface area contributed by atoms with E-state index in [2.05, 4.69) is 0 Å². The first-order chi connectivity index (χ1) is 11.8. The van der Waals surface area contributed by atoms with Crippen LogP contribution in [0.2, 0.25) is 0 Å². The van der Waals surface area contributed by atoms with Crippen molar-refractivity contribution in [1.29, 1.82) is 0 Å². The highest BCUT2D eigenvalue weighted by Crippen LogP contribution is 2.37. The summed E-state index contributed by atoms with van der Waals surface area (Å²) in [6.45, 7) is 5.75. The Kier molecular flexibility index (Phi) is 4.56. The molecule has 132 valence electrons. The zero-order valence-electron chi connectivity index (χ0n) is 14.5. The third-order valence-electron chi connectivity index (χ3n) is 4.20. The van der Waals surface area contributed by atoms with Crippen molar-refractivity contribution in [2.75, 3.05) is 10.8 Å². The zero-order chi connectivity index (χ0) is 18.2. The second-order valence-electron chi connectivity index (χ2n) is 6.24. The predicted molar refractivity (Wildman–Crippen MR) is 96.9 cm³/mol. The summed E-state index contributed by atoms with van der Waals surface area (Å²) in [5, 5.41) is 0. The van der Waals surface area contributed by atoms with Crippen molar-refractivity contribution in [3.8, 4) is 5.75 Å². The van der Waals surface area contributed by atoms with Gasteiger partial charge in [0.2, 0.25) is 0 Å². The lowest BCUT2D eigenvalue weighted by Gasteiger charge is -2.34. The van der Waals surface area contributed by atoms with Gasteiger partial charge in [0.05, 0.1) is 17.1 Å². The summed E-state index contributed by atoms with van der Waals surface area (Å²) >= 11 is 0. The fraction of sp³-hybridized carbons (Fsp3) is 0.316. The number of anilines is 1. The monoisotopic (exact) mass is 359 g/mol. The largest absolute Gasteiger partial charge is 0.487 e. The van der Waals surface area contributed by atoms with Crippen molar-refractivity contribution in [3.63, 3.8) is 0 Å². The minimum Gasteiger partial charge on any atom is -0.487 e. The molecule has 2 aromatic carbocycles. The van der Waals surface area contributed by atoms with Crippen LogP contribution in [0.25, 0.3) is 0 Å². The molecule has 0 saturated carbocycles. The van der Waals surface area contributed by atoms with E-state index in [4.69, 9.17) is 4.74 Å². The van der Waals surface area contributed by atoms with E-state index in [1.165, 1.54) is 16.4 Å². The highest BCUT2D eigenvalue weighted by molar-refractivity contribution is 7.92. The van der Waals surface area contributed by atoms with Gasteiger partial charge in [-0.1, -0.05) is 25.1 Å². The summed E-state index contributed by atoms with van der Waals surface area (Å²) in [6, 6.07) is 11.7. The minimum atomic E-state index is -3.78. The molecule has 2 aromatic rings. The molecule has 0 radical (unpaired) electrons. The van der Waals surface area contributed by atoms with Gasteiger partial charge in [0.1, 0.15) is 11.9 Å². The predicted octanol–water partition coefficient (Wildman–Crippen LogP) is 3.56. The molecule has 1 aliphatic rings. The Balaban J connectivity index is 2.08. The standard InChI is InChI=1S/C19H21NO4S/c1-4-18(21)15-6-5-7-16(11-15)25(22,23)20-12-14(3)24-19-10-13(2)8-9-17(19)20/h5-11,14H,4,12H2,1-3H3. The second-order valence-corrected chi connectivity index (χ2v) is 8.10.